The third-order valence-corrected chi connectivity index (χ3v) is 9.16. The molecule has 0 saturated carbocycles. The second-order valence-corrected chi connectivity index (χ2v) is 13.3. The molecule has 1 aliphatic rings. The maximum absolute atomic E-state index is 13.0. The van der Waals surface area contributed by atoms with Gasteiger partial charge in [-0.25, -0.2) is 14.8 Å². The van der Waals surface area contributed by atoms with Crippen LogP contribution in [0, 0.1) is 11.3 Å². The number of esters is 1. The number of aliphatic imine (C=N–C) groups is 2. The summed E-state index contributed by atoms with van der Waals surface area (Å²) in [6.45, 7) is 7.98. The Morgan fingerprint density at radius 2 is 1.79 bits per heavy atom. The molecule has 1 amide bonds. The number of piperazine rings is 1. The van der Waals surface area contributed by atoms with Crippen molar-refractivity contribution in [3.8, 4) is 6.07 Å². The van der Waals surface area contributed by atoms with E-state index in [1.807, 2.05) is 30.3 Å². The Morgan fingerprint density at radius 3 is 2.51 bits per heavy atom. The van der Waals surface area contributed by atoms with E-state index in [-0.39, 0.29) is 36.5 Å². The van der Waals surface area contributed by atoms with Gasteiger partial charge in [0, 0.05) is 56.1 Å². The summed E-state index contributed by atoms with van der Waals surface area (Å²) in [6, 6.07) is 21.3. The number of halogens is 1. The van der Waals surface area contributed by atoms with Crippen molar-refractivity contribution in [1.82, 2.24) is 34.7 Å². The smallest absolute Gasteiger partial charge is 0.328 e. The second kappa shape index (κ2) is 18.6. The molecule has 0 spiro atoms. The summed E-state index contributed by atoms with van der Waals surface area (Å²) in [5, 5.41) is 29.5. The minimum absolute atomic E-state index is 0.110. The number of nitrogens with one attached hydrogen (secondary N) is 4. The number of H-pyrrole nitrogens is 1. The minimum atomic E-state index is -0.864. The van der Waals surface area contributed by atoms with Gasteiger partial charge in [-0.2, -0.15) is 20.2 Å². The van der Waals surface area contributed by atoms with E-state index in [2.05, 4.69) is 68.5 Å². The number of aliphatic hydroxyl groups excluding tert-OH is 1. The van der Waals surface area contributed by atoms with E-state index in [4.69, 9.17) is 16.3 Å². The SMILES string of the molecule is C=N/C(C(=O)N1CCN(Cc2cccc(Nc3nc(NCc4nc5cc(Cl)ccc5[nH]4)nc(N[C@@H](Cc4ccc(C#N)cc4)C(=O)OC)n3)c2)CC1)=C(O)\N=C/C. The summed E-state index contributed by atoms with van der Waals surface area (Å²) in [6.07, 6.45) is 1.62. The van der Waals surface area contributed by atoms with Gasteiger partial charge in [0.2, 0.25) is 23.7 Å². The molecule has 1 saturated heterocycles. The van der Waals surface area contributed by atoms with Crippen molar-refractivity contribution in [2.45, 2.75) is 32.5 Å². The zero-order chi connectivity index (χ0) is 40.3. The van der Waals surface area contributed by atoms with E-state index in [0.717, 1.165) is 16.6 Å². The van der Waals surface area contributed by atoms with Crippen molar-refractivity contribution < 1.29 is 19.4 Å². The van der Waals surface area contributed by atoms with Gasteiger partial charge >= 0.3 is 5.97 Å². The maximum atomic E-state index is 13.0. The van der Waals surface area contributed by atoms with E-state index in [9.17, 15) is 20.0 Å². The Hall–Kier alpha value is -6.90. The van der Waals surface area contributed by atoms with Gasteiger partial charge < -0.3 is 35.7 Å². The van der Waals surface area contributed by atoms with Crippen molar-refractivity contribution in [2.24, 2.45) is 9.98 Å². The van der Waals surface area contributed by atoms with Crippen LogP contribution in [0.4, 0.5) is 23.5 Å². The zero-order valence-corrected chi connectivity index (χ0v) is 32.0. The van der Waals surface area contributed by atoms with Crippen LogP contribution in [-0.4, -0.2) is 104 Å². The summed E-state index contributed by atoms with van der Waals surface area (Å²) in [5.41, 5.74) is 4.38. The molecule has 0 unspecified atom stereocenters. The summed E-state index contributed by atoms with van der Waals surface area (Å²) >= 11 is 6.16. The number of carbonyl (C=O) groups excluding carboxylic acids is 2. The summed E-state index contributed by atoms with van der Waals surface area (Å²) in [4.78, 5) is 58.9. The number of nitrogens with zero attached hydrogens (tertiary/aromatic N) is 9. The van der Waals surface area contributed by atoms with E-state index in [1.54, 1.807) is 48.2 Å². The number of anilines is 4. The molecule has 17 nitrogen and oxygen atoms in total. The average Bonchev–Trinajstić information content (AvgIpc) is 3.62. The number of benzene rings is 3. The standard InChI is InChI=1S/C39H40ClN13O4/c1-4-43-34(54)33(42-2)35(55)53-16-14-52(15-17-53)23-26-6-5-7-28(18-26)45-38-49-37(44-22-32-46-29-13-12-27(40)20-30(29)47-32)50-39(51-38)48-31(36(56)57-3)19-24-8-10-25(21-41)11-9-24/h4-13,18,20,31,54H,2,14-17,19,22-23H2,1,3H3,(H,46,47)(H3,44,45,48,49,50,51)/b34-33+,43-4-/t31-/m0/s1. The van der Waals surface area contributed by atoms with Gasteiger partial charge in [0.05, 0.1) is 36.3 Å². The lowest BCUT2D eigenvalue weighted by Gasteiger charge is -2.34. The maximum Gasteiger partial charge on any atom is 0.328 e. The van der Waals surface area contributed by atoms with Crippen LogP contribution >= 0.6 is 11.6 Å². The van der Waals surface area contributed by atoms with Gasteiger partial charge in [0.25, 0.3) is 5.91 Å². The highest BCUT2D eigenvalue weighted by Crippen LogP contribution is 2.22. The molecule has 0 bridgehead atoms. The first-order chi connectivity index (χ1) is 27.6. The summed E-state index contributed by atoms with van der Waals surface area (Å²) in [7, 11) is 1.30. The van der Waals surface area contributed by atoms with Crippen molar-refractivity contribution in [1.29, 1.82) is 5.26 Å². The largest absolute Gasteiger partial charge is 0.492 e. The van der Waals surface area contributed by atoms with E-state index >= 15 is 0 Å². The number of amides is 1. The molecule has 2 aromatic heterocycles. The van der Waals surface area contributed by atoms with Gasteiger partial charge in [0.15, 0.2) is 5.70 Å². The highest BCUT2D eigenvalue weighted by atomic mass is 35.5. The minimum Gasteiger partial charge on any atom is -0.492 e. The number of imidazole rings is 1. The third kappa shape index (κ3) is 10.4. The number of rotatable bonds is 15. The Kier molecular flexibility index (Phi) is 13.0. The van der Waals surface area contributed by atoms with Gasteiger partial charge in [-0.1, -0.05) is 35.9 Å². The molecule has 6 rings (SSSR count). The molecule has 5 aromatic rings. The first kappa shape index (κ1) is 39.8. The van der Waals surface area contributed by atoms with Crippen LogP contribution in [-0.2, 0) is 33.8 Å². The fourth-order valence-electron chi connectivity index (χ4n) is 6.11. The summed E-state index contributed by atoms with van der Waals surface area (Å²) in [5.74, 6) is -0.267. The average molecular weight is 790 g/mol. The molecule has 1 fully saturated rings. The number of hydrogen-bond acceptors (Lipinski definition) is 15. The molecular formula is C39H40ClN13O4. The second-order valence-electron chi connectivity index (χ2n) is 12.8. The monoisotopic (exact) mass is 789 g/mol. The first-order valence-corrected chi connectivity index (χ1v) is 18.3. The molecule has 3 aromatic carbocycles. The number of methoxy groups -OCH3 is 1. The molecule has 57 heavy (non-hydrogen) atoms. The molecule has 0 aliphatic carbocycles. The van der Waals surface area contributed by atoms with Crippen LogP contribution in [0.3, 0.4) is 0 Å². The number of aromatic nitrogens is 5. The Bertz CT molecular complexity index is 2350. The Morgan fingerprint density at radius 1 is 1.04 bits per heavy atom. The Balaban J connectivity index is 1.18. The summed E-state index contributed by atoms with van der Waals surface area (Å²) < 4.78 is 5.10. The van der Waals surface area contributed by atoms with Crippen LogP contribution in [0.2, 0.25) is 5.02 Å². The highest BCUT2D eigenvalue weighted by molar-refractivity contribution is 6.31. The molecule has 0 radical (unpaired) electrons. The van der Waals surface area contributed by atoms with Gasteiger partial charge in [-0.3, -0.25) is 14.7 Å². The predicted molar refractivity (Wildman–Crippen MR) is 217 cm³/mol. The molecule has 1 atom stereocenters. The van der Waals surface area contributed by atoms with E-state index < -0.39 is 23.8 Å². The van der Waals surface area contributed by atoms with Crippen molar-refractivity contribution in [3.63, 3.8) is 0 Å². The first-order valence-electron chi connectivity index (χ1n) is 17.9. The van der Waals surface area contributed by atoms with Crippen LogP contribution in [0.1, 0.15) is 29.4 Å². The number of aromatic amines is 1. The number of hydrogen-bond donors (Lipinski definition) is 5. The van der Waals surface area contributed by atoms with Crippen LogP contribution < -0.4 is 16.0 Å². The Labute approximate surface area is 333 Å². The lowest BCUT2D eigenvalue weighted by molar-refractivity contribution is -0.141. The van der Waals surface area contributed by atoms with Crippen LogP contribution in [0.5, 0.6) is 0 Å². The number of fused-ring (bicyclic) bond motifs is 1. The lowest BCUT2D eigenvalue weighted by atomic mass is 10.0. The van der Waals surface area contributed by atoms with Crippen LogP contribution in [0.15, 0.2) is 88.3 Å². The topological polar surface area (TPSA) is 222 Å². The van der Waals surface area contributed by atoms with E-state index in [0.29, 0.717) is 60.3 Å². The number of nitriles is 1. The van der Waals surface area contributed by atoms with Gasteiger partial charge in [-0.15, -0.1) is 0 Å². The third-order valence-electron chi connectivity index (χ3n) is 8.93. The molecule has 1 aliphatic heterocycles. The van der Waals surface area contributed by atoms with E-state index in [1.165, 1.54) is 13.3 Å². The normalized spacial score (nSPS) is 14.1. The highest BCUT2D eigenvalue weighted by Gasteiger charge is 2.26. The molecule has 3 heterocycles. The predicted octanol–water partition coefficient (Wildman–Crippen LogP) is 4.99. The molecule has 292 valence electrons. The van der Waals surface area contributed by atoms with Gasteiger partial charge in [-0.05, 0) is 67.2 Å². The quantitative estimate of drug-likeness (QED) is 0.0409. The van der Waals surface area contributed by atoms with Crippen LogP contribution in [0.25, 0.3) is 11.0 Å². The fourth-order valence-corrected chi connectivity index (χ4v) is 6.27. The van der Waals surface area contributed by atoms with Crippen molar-refractivity contribution in [3.05, 3.63) is 106 Å². The van der Waals surface area contributed by atoms with Crippen molar-refractivity contribution in [2.75, 3.05) is 49.2 Å². The fraction of sp³-hybridized carbons (Fsp3) is 0.256. The number of aliphatic hydroxyl groups is 1. The lowest BCUT2D eigenvalue weighted by Crippen LogP contribution is -2.48. The zero-order valence-electron chi connectivity index (χ0n) is 31.2. The molecule has 5 N–H and O–H groups in total. The van der Waals surface area contributed by atoms with Crippen molar-refractivity contribution >= 4 is 71.0 Å². The molecular weight excluding hydrogens is 750 g/mol. The molecule has 18 heteroatoms. The number of ether oxygens (including phenoxy) is 1. The number of carbonyl (C=O) groups is 2. The van der Waals surface area contributed by atoms with Gasteiger partial charge in [0.1, 0.15) is 11.9 Å².